The number of halogens is 2. The summed E-state index contributed by atoms with van der Waals surface area (Å²) < 4.78 is 1.01. The fourth-order valence-corrected chi connectivity index (χ4v) is 2.47. The molecule has 0 atom stereocenters. The molecule has 0 amide bonds. The van der Waals surface area contributed by atoms with Crippen molar-refractivity contribution in [3.8, 4) is 0 Å². The van der Waals surface area contributed by atoms with Crippen molar-refractivity contribution in [2.75, 3.05) is 5.32 Å². The van der Waals surface area contributed by atoms with E-state index in [2.05, 4.69) is 32.9 Å². The molecule has 6 heteroatoms. The normalized spacial score (nSPS) is 10.3. The highest BCUT2D eigenvalue weighted by atomic mass is 127. The lowest BCUT2D eigenvalue weighted by atomic mass is 10.2. The van der Waals surface area contributed by atoms with Crippen LogP contribution in [0.2, 0.25) is 5.02 Å². The van der Waals surface area contributed by atoms with Gasteiger partial charge in [0, 0.05) is 15.5 Å². The van der Waals surface area contributed by atoms with Gasteiger partial charge in [-0.15, -0.1) is 0 Å². The molecule has 0 aliphatic heterocycles. The summed E-state index contributed by atoms with van der Waals surface area (Å²) in [5.41, 5.74) is 1.98. The molecule has 2 aromatic rings. The molecule has 1 heterocycles. The summed E-state index contributed by atoms with van der Waals surface area (Å²) in [4.78, 5) is 15.1. The molecule has 0 aliphatic carbocycles. The fraction of sp³-hybridized carbons (Fsp3) is 0.0769. The fourth-order valence-electron chi connectivity index (χ4n) is 1.57. The first-order valence-corrected chi connectivity index (χ1v) is 6.85. The molecule has 1 aromatic carbocycles. The second kappa shape index (κ2) is 5.75. The summed E-state index contributed by atoms with van der Waals surface area (Å²) in [6.45, 7) is 1.80. The van der Waals surface area contributed by atoms with E-state index < -0.39 is 5.97 Å². The van der Waals surface area contributed by atoms with Crippen molar-refractivity contribution in [3.05, 3.63) is 50.3 Å². The number of aromatic carboxylic acids is 1. The summed E-state index contributed by atoms with van der Waals surface area (Å²) in [5.74, 6) is -1.03. The predicted molar refractivity (Wildman–Crippen MR) is 83.4 cm³/mol. The summed E-state index contributed by atoms with van der Waals surface area (Å²) >= 11 is 8.28. The van der Waals surface area contributed by atoms with E-state index in [0.29, 0.717) is 16.4 Å². The molecule has 0 spiro atoms. The van der Waals surface area contributed by atoms with Crippen LogP contribution in [0.1, 0.15) is 16.1 Å². The third kappa shape index (κ3) is 3.36. The number of hydrogen-bond donors (Lipinski definition) is 2. The Balaban J connectivity index is 2.42. The third-order valence-electron chi connectivity index (χ3n) is 2.47. The molecule has 0 saturated heterocycles. The quantitative estimate of drug-likeness (QED) is 0.778. The average Bonchev–Trinajstić information content (AvgIpc) is 2.32. The highest BCUT2D eigenvalue weighted by Gasteiger charge is 2.12. The maximum atomic E-state index is 11.1. The molecular formula is C13H10ClIN2O2. The van der Waals surface area contributed by atoms with E-state index in [1.807, 2.05) is 12.1 Å². The number of carboxylic acids is 1. The Morgan fingerprint density at radius 1 is 1.37 bits per heavy atom. The molecule has 0 unspecified atom stereocenters. The molecule has 0 fully saturated rings. The van der Waals surface area contributed by atoms with Gasteiger partial charge in [-0.3, -0.25) is 4.98 Å². The van der Waals surface area contributed by atoms with Gasteiger partial charge in [0.25, 0.3) is 0 Å². The van der Waals surface area contributed by atoms with Gasteiger partial charge in [-0.1, -0.05) is 11.6 Å². The first kappa shape index (κ1) is 14.1. The van der Waals surface area contributed by atoms with Gasteiger partial charge in [-0.2, -0.15) is 0 Å². The van der Waals surface area contributed by atoms with E-state index in [0.717, 1.165) is 9.26 Å². The molecule has 2 rings (SSSR count). The summed E-state index contributed by atoms with van der Waals surface area (Å²) in [7, 11) is 0. The lowest BCUT2D eigenvalue weighted by Crippen LogP contribution is -2.04. The van der Waals surface area contributed by atoms with Gasteiger partial charge in [-0.05, 0) is 53.8 Å². The number of aromatic nitrogens is 1. The zero-order chi connectivity index (χ0) is 14.0. The van der Waals surface area contributed by atoms with E-state index in [1.54, 1.807) is 19.1 Å². The van der Waals surface area contributed by atoms with E-state index in [4.69, 9.17) is 16.7 Å². The Labute approximate surface area is 129 Å². The zero-order valence-electron chi connectivity index (χ0n) is 9.95. The molecule has 1 aromatic heterocycles. The van der Waals surface area contributed by atoms with E-state index in [-0.39, 0.29) is 5.56 Å². The van der Waals surface area contributed by atoms with Crippen LogP contribution in [-0.2, 0) is 0 Å². The van der Waals surface area contributed by atoms with Crippen LogP contribution in [0.25, 0.3) is 0 Å². The van der Waals surface area contributed by atoms with Crippen LogP contribution in [0.3, 0.4) is 0 Å². The summed E-state index contributed by atoms with van der Waals surface area (Å²) in [6.07, 6.45) is 1.33. The van der Waals surface area contributed by atoms with Gasteiger partial charge < -0.3 is 10.4 Å². The minimum absolute atomic E-state index is 0.111. The number of nitrogens with zero attached hydrogens (tertiary/aromatic N) is 1. The van der Waals surface area contributed by atoms with Gasteiger partial charge in [0.15, 0.2) is 0 Å². The van der Waals surface area contributed by atoms with Crippen LogP contribution < -0.4 is 5.32 Å². The van der Waals surface area contributed by atoms with Crippen LogP contribution in [-0.4, -0.2) is 16.1 Å². The Morgan fingerprint density at radius 2 is 2.11 bits per heavy atom. The minimum atomic E-state index is -1.03. The second-order valence-electron chi connectivity index (χ2n) is 3.93. The van der Waals surface area contributed by atoms with Gasteiger partial charge in [0.2, 0.25) is 0 Å². The van der Waals surface area contributed by atoms with E-state index in [9.17, 15) is 4.79 Å². The lowest BCUT2D eigenvalue weighted by molar-refractivity contribution is 0.0697. The van der Waals surface area contributed by atoms with E-state index in [1.165, 1.54) is 6.20 Å². The Kier molecular flexibility index (Phi) is 4.26. The van der Waals surface area contributed by atoms with Crippen molar-refractivity contribution in [1.82, 2.24) is 4.98 Å². The van der Waals surface area contributed by atoms with Gasteiger partial charge in [0.1, 0.15) is 5.56 Å². The Bertz CT molecular complexity index is 647. The van der Waals surface area contributed by atoms with Crippen LogP contribution >= 0.6 is 34.2 Å². The van der Waals surface area contributed by atoms with E-state index >= 15 is 0 Å². The maximum absolute atomic E-state index is 11.1. The highest BCUT2D eigenvalue weighted by Crippen LogP contribution is 2.28. The molecule has 2 N–H and O–H groups in total. The topological polar surface area (TPSA) is 62.2 Å². The highest BCUT2D eigenvalue weighted by molar-refractivity contribution is 14.1. The minimum Gasteiger partial charge on any atom is -0.478 e. The number of aryl methyl sites for hydroxylation is 1. The lowest BCUT2D eigenvalue weighted by Gasteiger charge is -2.11. The number of pyridine rings is 1. The summed E-state index contributed by atoms with van der Waals surface area (Å²) in [5, 5.41) is 12.7. The molecular weight excluding hydrogens is 379 g/mol. The first-order valence-electron chi connectivity index (χ1n) is 5.39. The number of nitrogens with one attached hydrogen (secondary N) is 1. The van der Waals surface area contributed by atoms with Crippen molar-refractivity contribution in [2.24, 2.45) is 0 Å². The number of carbonyl (C=O) groups is 1. The summed E-state index contributed by atoms with van der Waals surface area (Å²) in [6, 6.07) is 7.19. The predicted octanol–water partition coefficient (Wildman–Crippen LogP) is 4.09. The molecule has 19 heavy (non-hydrogen) atoms. The average molecular weight is 389 g/mol. The first-order chi connectivity index (χ1) is 8.97. The SMILES string of the molecule is Cc1cc(Nc2ccc(I)cc2Cl)c(C(=O)O)cn1. The number of benzene rings is 1. The Hall–Kier alpha value is -1.34. The van der Waals surface area contributed by atoms with Gasteiger partial charge in [0.05, 0.1) is 16.4 Å². The van der Waals surface area contributed by atoms with Crippen LogP contribution in [0, 0.1) is 10.5 Å². The standard InChI is InChI=1S/C13H10ClIN2O2/c1-7-4-12(9(6-16-7)13(18)19)17-11-3-2-8(15)5-10(11)14/h2-6H,1H3,(H,16,17)(H,18,19). The maximum Gasteiger partial charge on any atom is 0.339 e. The largest absolute Gasteiger partial charge is 0.478 e. The zero-order valence-corrected chi connectivity index (χ0v) is 12.9. The third-order valence-corrected chi connectivity index (χ3v) is 3.46. The molecule has 0 radical (unpaired) electrons. The van der Waals surface area contributed by atoms with Crippen molar-refractivity contribution >= 4 is 51.5 Å². The monoisotopic (exact) mass is 388 g/mol. The molecule has 0 bridgehead atoms. The molecule has 98 valence electrons. The smallest absolute Gasteiger partial charge is 0.339 e. The van der Waals surface area contributed by atoms with Crippen molar-refractivity contribution in [3.63, 3.8) is 0 Å². The van der Waals surface area contributed by atoms with Crippen molar-refractivity contribution < 1.29 is 9.90 Å². The Morgan fingerprint density at radius 3 is 2.74 bits per heavy atom. The van der Waals surface area contributed by atoms with Crippen molar-refractivity contribution in [2.45, 2.75) is 6.92 Å². The number of rotatable bonds is 3. The second-order valence-corrected chi connectivity index (χ2v) is 5.58. The number of anilines is 2. The van der Waals surface area contributed by atoms with Crippen LogP contribution in [0.15, 0.2) is 30.5 Å². The molecule has 0 saturated carbocycles. The van der Waals surface area contributed by atoms with Crippen molar-refractivity contribution in [1.29, 1.82) is 0 Å². The van der Waals surface area contributed by atoms with Gasteiger partial charge in [-0.25, -0.2) is 4.79 Å². The number of carboxylic acid groups (broad SMARTS) is 1. The van der Waals surface area contributed by atoms with Crippen LogP contribution in [0.4, 0.5) is 11.4 Å². The molecule has 4 nitrogen and oxygen atoms in total. The van der Waals surface area contributed by atoms with Gasteiger partial charge >= 0.3 is 5.97 Å². The molecule has 0 aliphatic rings. The number of hydrogen-bond acceptors (Lipinski definition) is 3. The van der Waals surface area contributed by atoms with Crippen LogP contribution in [0.5, 0.6) is 0 Å².